The molecule has 0 spiro atoms. The lowest BCUT2D eigenvalue weighted by Crippen LogP contribution is -2.55. The number of nitrogens with zero attached hydrogens (tertiary/aromatic N) is 6. The maximum atomic E-state index is 9.65. The van der Waals surface area contributed by atoms with E-state index in [1.165, 1.54) is 12.4 Å². The first kappa shape index (κ1) is 23.1. The lowest BCUT2D eigenvalue weighted by atomic mass is 9.87. The number of anilines is 4. The second kappa shape index (κ2) is 9.30. The molecule has 2 aliphatic carbocycles. The smallest absolute Gasteiger partial charge is 0.247 e. The van der Waals surface area contributed by atoms with Gasteiger partial charge in [-0.2, -0.15) is 4.98 Å². The highest BCUT2D eigenvalue weighted by Crippen LogP contribution is 2.37. The number of hydrogen-bond donors (Lipinski definition) is 5. The number of halogens is 1. The van der Waals surface area contributed by atoms with E-state index in [1.54, 1.807) is 10.7 Å². The van der Waals surface area contributed by atoms with Crippen molar-refractivity contribution in [2.45, 2.75) is 43.9 Å². The molecule has 0 amide bonds. The Morgan fingerprint density at radius 1 is 1.08 bits per heavy atom. The van der Waals surface area contributed by atoms with E-state index in [9.17, 15) is 5.11 Å². The molecule has 0 atom stereocenters. The topological polar surface area (TPSA) is 142 Å². The standard InChI is InChI=1S/C24H29ClN10O/c25-21-19(30-24-31-22(29-15-1-2-15)23-28-13-17(12-27)35(23)32-24)7-14(11-26)8-20(21)34-5-3-33(4-6-34)16-9-18(36)10-16/h7-8,11-13,15-16,18,26-27,36H,1-6,9-10H2,(H2,29,30,31,32). The summed E-state index contributed by atoms with van der Waals surface area (Å²) in [5.74, 6) is 0.940. The molecular formula is C24H29ClN10O. The van der Waals surface area contributed by atoms with Gasteiger partial charge in [0.05, 0.1) is 28.7 Å². The summed E-state index contributed by atoms with van der Waals surface area (Å²) in [4.78, 5) is 13.7. The molecule has 188 valence electrons. The van der Waals surface area contributed by atoms with E-state index in [0.29, 0.717) is 45.9 Å². The Kier molecular flexibility index (Phi) is 5.98. The van der Waals surface area contributed by atoms with Crippen LogP contribution in [0.4, 0.5) is 23.1 Å². The zero-order valence-corrected chi connectivity index (χ0v) is 20.5. The van der Waals surface area contributed by atoms with Crippen LogP contribution in [0.3, 0.4) is 0 Å². The van der Waals surface area contributed by atoms with E-state index >= 15 is 0 Å². The highest BCUT2D eigenvalue weighted by Gasteiger charge is 2.34. The Bertz CT molecular complexity index is 1310. The quantitative estimate of drug-likeness (QED) is 0.292. The van der Waals surface area contributed by atoms with Gasteiger partial charge in [-0.25, -0.2) is 9.50 Å². The van der Waals surface area contributed by atoms with Crippen molar-refractivity contribution in [3.63, 3.8) is 0 Å². The lowest BCUT2D eigenvalue weighted by Gasteiger charge is -2.45. The third-order valence-corrected chi connectivity index (χ3v) is 7.60. The van der Waals surface area contributed by atoms with Crippen LogP contribution in [-0.4, -0.2) is 86.4 Å². The lowest BCUT2D eigenvalue weighted by molar-refractivity contribution is -0.000359. The van der Waals surface area contributed by atoms with Gasteiger partial charge in [-0.1, -0.05) is 11.6 Å². The molecule has 12 heteroatoms. The average molecular weight is 509 g/mol. The molecule has 5 N–H and O–H groups in total. The first-order valence-corrected chi connectivity index (χ1v) is 12.7. The number of hydrogen-bond acceptors (Lipinski definition) is 10. The van der Waals surface area contributed by atoms with Gasteiger partial charge in [-0.05, 0) is 43.4 Å². The van der Waals surface area contributed by atoms with Gasteiger partial charge in [0.15, 0.2) is 11.5 Å². The van der Waals surface area contributed by atoms with Crippen molar-refractivity contribution in [3.8, 4) is 0 Å². The van der Waals surface area contributed by atoms with Crippen LogP contribution in [0.15, 0.2) is 18.3 Å². The van der Waals surface area contributed by atoms with Crippen LogP contribution >= 0.6 is 11.6 Å². The molecule has 3 aromatic rings. The first-order chi connectivity index (χ1) is 17.5. The van der Waals surface area contributed by atoms with E-state index in [4.69, 9.17) is 22.4 Å². The molecule has 36 heavy (non-hydrogen) atoms. The molecule has 1 saturated heterocycles. The predicted octanol–water partition coefficient (Wildman–Crippen LogP) is 2.74. The van der Waals surface area contributed by atoms with Crippen molar-refractivity contribution < 1.29 is 5.11 Å². The minimum atomic E-state index is -0.154. The van der Waals surface area contributed by atoms with Crippen molar-refractivity contribution in [1.82, 2.24) is 24.5 Å². The number of benzene rings is 1. The fourth-order valence-electron chi connectivity index (χ4n) is 4.91. The van der Waals surface area contributed by atoms with Crippen LogP contribution in [-0.2, 0) is 0 Å². The molecule has 0 bridgehead atoms. The number of nitrogens with one attached hydrogen (secondary N) is 4. The summed E-state index contributed by atoms with van der Waals surface area (Å²) in [7, 11) is 0. The maximum absolute atomic E-state index is 9.65. The van der Waals surface area contributed by atoms with E-state index in [-0.39, 0.29) is 6.10 Å². The van der Waals surface area contributed by atoms with Crippen LogP contribution in [0.5, 0.6) is 0 Å². The Morgan fingerprint density at radius 3 is 2.53 bits per heavy atom. The molecular weight excluding hydrogens is 480 g/mol. The summed E-state index contributed by atoms with van der Waals surface area (Å²) < 4.78 is 1.60. The third kappa shape index (κ3) is 4.38. The number of rotatable bonds is 8. The molecule has 1 aliphatic heterocycles. The van der Waals surface area contributed by atoms with Gasteiger partial charge in [-0.15, -0.1) is 5.10 Å². The van der Waals surface area contributed by atoms with Gasteiger partial charge in [0.2, 0.25) is 5.95 Å². The molecule has 1 aromatic carbocycles. The summed E-state index contributed by atoms with van der Waals surface area (Å²) >= 11 is 6.91. The Balaban J connectivity index is 1.28. The number of fused-ring (bicyclic) bond motifs is 1. The first-order valence-electron chi connectivity index (χ1n) is 12.3. The third-order valence-electron chi connectivity index (χ3n) is 7.20. The van der Waals surface area contributed by atoms with Crippen molar-refractivity contribution in [2.75, 3.05) is 41.7 Å². The zero-order valence-electron chi connectivity index (χ0n) is 19.8. The van der Waals surface area contributed by atoms with E-state index in [1.807, 2.05) is 12.1 Å². The van der Waals surface area contributed by atoms with Crippen LogP contribution in [0.25, 0.3) is 5.65 Å². The summed E-state index contributed by atoms with van der Waals surface area (Å²) in [6, 6.07) is 4.60. The van der Waals surface area contributed by atoms with Crippen molar-refractivity contribution >= 4 is 52.8 Å². The minimum absolute atomic E-state index is 0.154. The summed E-state index contributed by atoms with van der Waals surface area (Å²) in [5.41, 5.74) is 3.33. The summed E-state index contributed by atoms with van der Waals surface area (Å²) in [6.45, 7) is 3.47. The fourth-order valence-corrected chi connectivity index (χ4v) is 5.18. The number of aliphatic hydroxyl groups is 1. The van der Waals surface area contributed by atoms with Gasteiger partial charge in [0, 0.05) is 50.7 Å². The fraction of sp³-hybridized carbons (Fsp3) is 0.458. The van der Waals surface area contributed by atoms with E-state index < -0.39 is 0 Å². The highest BCUT2D eigenvalue weighted by atomic mass is 35.5. The van der Waals surface area contributed by atoms with Crippen LogP contribution in [0, 0.1) is 10.8 Å². The van der Waals surface area contributed by atoms with Crippen LogP contribution < -0.4 is 15.5 Å². The average Bonchev–Trinajstić information content (AvgIpc) is 3.59. The SMILES string of the molecule is N=Cc1cc(Nc2nc(NC3CC3)c3ncc(C=N)n3n2)c(Cl)c(N2CCN(C3CC(O)C3)CC2)c1. The van der Waals surface area contributed by atoms with Crippen LogP contribution in [0.2, 0.25) is 5.02 Å². The molecule has 6 rings (SSSR count). The van der Waals surface area contributed by atoms with Crippen molar-refractivity contribution in [3.05, 3.63) is 34.6 Å². The monoisotopic (exact) mass is 508 g/mol. The Labute approximate surface area is 213 Å². The molecule has 11 nitrogen and oxygen atoms in total. The number of imidazole rings is 1. The van der Waals surface area contributed by atoms with Gasteiger partial charge in [-0.3, -0.25) is 4.90 Å². The second-order valence-corrected chi connectivity index (χ2v) is 10.1. The van der Waals surface area contributed by atoms with Gasteiger partial charge >= 0.3 is 0 Å². The molecule has 2 saturated carbocycles. The zero-order chi connectivity index (χ0) is 24.8. The molecule has 0 unspecified atom stereocenters. The largest absolute Gasteiger partial charge is 0.393 e. The van der Waals surface area contributed by atoms with Crippen LogP contribution in [0.1, 0.15) is 36.9 Å². The molecule has 3 fully saturated rings. The summed E-state index contributed by atoms with van der Waals surface area (Å²) in [6.07, 6.45) is 7.85. The van der Waals surface area contributed by atoms with E-state index in [2.05, 4.69) is 35.5 Å². The number of aromatic nitrogens is 4. The Morgan fingerprint density at radius 2 is 1.86 bits per heavy atom. The van der Waals surface area contributed by atoms with Gasteiger partial charge < -0.3 is 31.5 Å². The molecule has 3 heterocycles. The minimum Gasteiger partial charge on any atom is -0.393 e. The number of aliphatic hydroxyl groups excluding tert-OH is 1. The predicted molar refractivity (Wildman–Crippen MR) is 141 cm³/mol. The normalized spacial score (nSPS) is 22.3. The molecule has 3 aliphatic rings. The second-order valence-electron chi connectivity index (χ2n) is 9.74. The van der Waals surface area contributed by atoms with Gasteiger partial charge in [0.25, 0.3) is 0 Å². The molecule has 2 aromatic heterocycles. The van der Waals surface area contributed by atoms with Crippen molar-refractivity contribution in [1.29, 1.82) is 10.8 Å². The molecule has 0 radical (unpaired) electrons. The number of piperazine rings is 1. The van der Waals surface area contributed by atoms with E-state index in [0.717, 1.165) is 63.1 Å². The Hall–Kier alpha value is -3.28. The summed E-state index contributed by atoms with van der Waals surface area (Å²) in [5, 5.41) is 37.0. The van der Waals surface area contributed by atoms with Gasteiger partial charge in [0.1, 0.15) is 5.69 Å². The highest BCUT2D eigenvalue weighted by molar-refractivity contribution is 6.36. The van der Waals surface area contributed by atoms with Crippen molar-refractivity contribution in [2.24, 2.45) is 0 Å². The maximum Gasteiger partial charge on any atom is 0.247 e.